The first-order valence-corrected chi connectivity index (χ1v) is 24.8. The molecule has 20 heteroatoms. The summed E-state index contributed by atoms with van der Waals surface area (Å²) in [6, 6.07) is 13.7. The van der Waals surface area contributed by atoms with Crippen LogP contribution in [0.25, 0.3) is 16.6 Å². The first-order chi connectivity index (χ1) is 33.1. The second-order valence-corrected chi connectivity index (χ2v) is 16.4. The summed E-state index contributed by atoms with van der Waals surface area (Å²) in [4.78, 5) is 76.5. The van der Waals surface area contributed by atoms with E-state index in [0.29, 0.717) is 60.4 Å². The van der Waals surface area contributed by atoms with Crippen molar-refractivity contribution in [1.82, 2.24) is 19.5 Å². The number of nitrogens with one attached hydrogen (secondary N) is 2. The van der Waals surface area contributed by atoms with Crippen molar-refractivity contribution in [2.24, 2.45) is 11.5 Å². The minimum atomic E-state index is -3.46. The molecule has 1 aromatic heterocycles. The Hall–Kier alpha value is -6.06. The number of aldehydes is 2. The highest BCUT2D eigenvalue weighted by Gasteiger charge is 2.37. The molecule has 2 aliphatic rings. The molecule has 0 saturated carbocycles. The van der Waals surface area contributed by atoms with Crippen molar-refractivity contribution in [3.8, 4) is 0 Å². The Morgan fingerprint density at radius 1 is 1.03 bits per heavy atom. The van der Waals surface area contributed by atoms with Crippen LogP contribution in [0.2, 0.25) is 0 Å². The van der Waals surface area contributed by atoms with Crippen LogP contribution in [0, 0.1) is 0 Å². The lowest BCUT2D eigenvalue weighted by Crippen LogP contribution is -2.37. The number of carbonyl (C=O) groups is 6. The van der Waals surface area contributed by atoms with Gasteiger partial charge in [-0.15, -0.1) is 0 Å². The van der Waals surface area contributed by atoms with Crippen molar-refractivity contribution in [3.63, 3.8) is 0 Å². The van der Waals surface area contributed by atoms with Gasteiger partial charge >= 0.3 is 12.1 Å². The lowest BCUT2D eigenvalue weighted by atomic mass is 9.96. The maximum absolute atomic E-state index is 13.0. The van der Waals surface area contributed by atoms with Gasteiger partial charge in [0.25, 0.3) is 0 Å². The number of anilines is 1. The Labute approximate surface area is 408 Å². The molecule has 0 spiro atoms. The summed E-state index contributed by atoms with van der Waals surface area (Å²) in [6.45, 7) is 17.3. The van der Waals surface area contributed by atoms with E-state index < -0.39 is 34.2 Å². The molecule has 2 aliphatic heterocycles. The molecule has 384 valence electrons. The summed E-state index contributed by atoms with van der Waals surface area (Å²) < 4.78 is 47.0. The number of hydrogen-bond acceptors (Lipinski definition) is 16. The number of carbonyl (C=O) groups excluding carboxylic acids is 6. The van der Waals surface area contributed by atoms with Crippen LogP contribution >= 0.6 is 0 Å². The van der Waals surface area contributed by atoms with Gasteiger partial charge in [-0.1, -0.05) is 71.4 Å². The number of aromatic nitrogens is 1. The number of fused-ring (bicyclic) bond motifs is 2. The second-order valence-electron chi connectivity index (χ2n) is 14.5. The Balaban J connectivity index is 0.00000237. The molecule has 6 N–H and O–H groups in total. The number of cyclic esters (lactones) is 1. The van der Waals surface area contributed by atoms with Crippen LogP contribution in [0.15, 0.2) is 65.8 Å². The minimum Gasteiger partial charge on any atom is -0.458 e. The van der Waals surface area contributed by atoms with Crippen LogP contribution in [0.5, 0.6) is 0 Å². The fourth-order valence-electron chi connectivity index (χ4n) is 6.50. The Morgan fingerprint density at radius 2 is 1.68 bits per heavy atom. The number of rotatable bonds is 19. The zero-order valence-electron chi connectivity index (χ0n) is 42.2. The third-order valence-corrected chi connectivity index (χ3v) is 11.0. The first-order valence-electron chi connectivity index (χ1n) is 23.0. The quantitative estimate of drug-likeness (QED) is 0.0675. The monoisotopic (exact) mass is 986 g/mol. The first kappa shape index (κ1) is 62.9. The van der Waals surface area contributed by atoms with E-state index in [1.54, 1.807) is 30.3 Å². The summed E-state index contributed by atoms with van der Waals surface area (Å²) in [5.74, 6) is -1.31. The normalized spacial score (nSPS) is 14.1. The number of unbranched alkanes of at least 4 members (excludes halogenated alkanes) is 1. The van der Waals surface area contributed by atoms with Crippen molar-refractivity contribution < 1.29 is 56.1 Å². The molecule has 3 aromatic rings. The van der Waals surface area contributed by atoms with E-state index in [1.165, 1.54) is 30.5 Å². The van der Waals surface area contributed by atoms with E-state index in [-0.39, 0.29) is 50.1 Å². The number of nitrogens with zero attached hydrogens (tertiary/aromatic N) is 3. The highest BCUT2D eigenvalue weighted by atomic mass is 32.2. The van der Waals surface area contributed by atoms with Crippen molar-refractivity contribution in [3.05, 3.63) is 88.1 Å². The molecular weight excluding hydrogens is 911 g/mol. The minimum absolute atomic E-state index is 0.0921. The van der Waals surface area contributed by atoms with Gasteiger partial charge in [-0.3, -0.25) is 14.4 Å². The molecule has 2 aromatic carbocycles. The second kappa shape index (κ2) is 35.1. The fraction of sp³-hybridized carbons (Fsp3) is 0.490. The van der Waals surface area contributed by atoms with Gasteiger partial charge in [0.05, 0.1) is 29.7 Å². The number of amides is 2. The number of sulfonamides is 1. The van der Waals surface area contributed by atoms with Gasteiger partial charge in [0.2, 0.25) is 28.4 Å². The number of ether oxygens (including phenoxy) is 4. The molecule has 0 bridgehead atoms. The van der Waals surface area contributed by atoms with E-state index >= 15 is 0 Å². The topological polar surface area (TPSA) is 269 Å². The molecule has 1 atom stereocenters. The molecule has 69 heavy (non-hydrogen) atoms. The Kier molecular flexibility index (Phi) is 32.0. The van der Waals surface area contributed by atoms with Crippen LogP contribution in [0.3, 0.4) is 0 Å². The molecular formula is C49H75N7O12S. The Morgan fingerprint density at radius 3 is 2.20 bits per heavy atom. The number of benzene rings is 2. The van der Waals surface area contributed by atoms with E-state index in [1.807, 2.05) is 84.7 Å². The summed E-state index contributed by atoms with van der Waals surface area (Å²) in [5.41, 5.74) is 14.5. The summed E-state index contributed by atoms with van der Waals surface area (Å²) in [7, 11) is -0.141. The molecule has 5 rings (SSSR count). The molecule has 1 unspecified atom stereocenters. The van der Waals surface area contributed by atoms with E-state index in [0.717, 1.165) is 29.3 Å². The molecule has 0 saturated heterocycles. The molecule has 3 heterocycles. The molecule has 2 amide bonds. The lowest BCUT2D eigenvalue weighted by Gasteiger charge is -2.25. The van der Waals surface area contributed by atoms with Crippen molar-refractivity contribution in [2.75, 3.05) is 65.1 Å². The number of nitrogens with two attached hydrogens (primary N) is 2. The van der Waals surface area contributed by atoms with Gasteiger partial charge in [-0.05, 0) is 82.6 Å². The zero-order valence-corrected chi connectivity index (χ0v) is 43.0. The maximum atomic E-state index is 13.0. The number of esters is 1. The lowest BCUT2D eigenvalue weighted by molar-refractivity contribution is -0.153. The fourth-order valence-corrected chi connectivity index (χ4v) is 7.69. The van der Waals surface area contributed by atoms with Gasteiger partial charge < -0.3 is 50.7 Å². The van der Waals surface area contributed by atoms with Crippen LogP contribution in [-0.4, -0.2) is 132 Å². The van der Waals surface area contributed by atoms with E-state index in [9.17, 15) is 37.2 Å². The average Bonchev–Trinajstić information content (AvgIpc) is 3.66. The van der Waals surface area contributed by atoms with Crippen LogP contribution < -0.4 is 22.1 Å². The molecule has 0 fully saturated rings. The highest BCUT2D eigenvalue weighted by molar-refractivity contribution is 7.88. The van der Waals surface area contributed by atoms with Crippen molar-refractivity contribution in [2.45, 2.75) is 99.9 Å². The third-order valence-electron chi connectivity index (χ3n) is 9.52. The third kappa shape index (κ3) is 21.0. The van der Waals surface area contributed by atoms with Crippen LogP contribution in [-0.2, 0) is 72.5 Å². The van der Waals surface area contributed by atoms with Gasteiger partial charge in [0.1, 0.15) is 32.4 Å². The van der Waals surface area contributed by atoms with Crippen molar-refractivity contribution in [1.29, 1.82) is 0 Å². The van der Waals surface area contributed by atoms with E-state index in [2.05, 4.69) is 28.0 Å². The zero-order chi connectivity index (χ0) is 52.5. The van der Waals surface area contributed by atoms with E-state index in [4.69, 9.17) is 24.9 Å². The predicted molar refractivity (Wildman–Crippen MR) is 269 cm³/mol. The number of pyridine rings is 1. The predicted octanol–water partition coefficient (Wildman–Crippen LogP) is 5.29. The largest absolute Gasteiger partial charge is 0.509 e. The molecule has 0 aliphatic carbocycles. The SMILES string of the molecule is CC.CC.CC(C)N(CCc1c2c(nc3ccccc13)/C(=C/C1=C(C=O)COC(=O)C1OC(=O)OCc1ccc(NC(=O)CNC=O)cc1)N(C)C2)S(C)(=O)=O.CCCCN.CCOCC=O.CN. The van der Waals surface area contributed by atoms with Crippen LogP contribution in [0.1, 0.15) is 90.6 Å². The van der Waals surface area contributed by atoms with Gasteiger partial charge in [0.15, 0.2) is 0 Å². The Bertz CT molecular complexity index is 2230. The molecule has 0 radical (unpaired) electrons. The standard InChI is InChI=1S/C36H39N5O10S.C4H11N.C4H8O2.2C2H6.CH5N/c1-22(2)41(52(4,47)48)14-13-26-27-7-5-6-8-30(27)39-33-29(26)17-40(3)31(33)15-28-24(18-42)20-49-35(45)34(28)51-36(46)50-19-23-9-11-25(12-10-23)38-32(44)16-37-21-43;1-2-3-4-5;1-2-6-4-3-5;3*1-2/h5-12,15,18,21-22,34H,13-14,16-17,19-20H2,1-4H3,(H,37,43)(H,38,44);2-5H2,1H3;3H,2,4H2,1H3;2*1-2H3;2H2,1H3/b31-15-;;;;;. The van der Waals surface area contributed by atoms with Gasteiger partial charge in [-0.2, -0.15) is 4.31 Å². The number of para-hydroxylation sites is 1. The number of hydrogen-bond donors (Lipinski definition) is 4. The van der Waals surface area contributed by atoms with Gasteiger partial charge in [-0.25, -0.2) is 23.0 Å². The van der Waals surface area contributed by atoms with Crippen molar-refractivity contribution >= 4 is 69.3 Å². The average molecular weight is 986 g/mol. The summed E-state index contributed by atoms with van der Waals surface area (Å²) >= 11 is 0. The van der Waals surface area contributed by atoms with Gasteiger partial charge in [0, 0.05) is 60.6 Å². The summed E-state index contributed by atoms with van der Waals surface area (Å²) in [6.07, 6.45) is 4.48. The summed E-state index contributed by atoms with van der Waals surface area (Å²) in [5, 5.41) is 5.75. The smallest absolute Gasteiger partial charge is 0.458 e. The molecule has 19 nitrogen and oxygen atoms in total. The highest BCUT2D eigenvalue weighted by Crippen LogP contribution is 2.38. The van der Waals surface area contributed by atoms with Crippen LogP contribution in [0.4, 0.5) is 10.5 Å². The maximum Gasteiger partial charge on any atom is 0.509 e.